The minimum absolute atomic E-state index is 0.571. The van der Waals surface area contributed by atoms with Crippen LogP contribution in [0.2, 0.25) is 18.1 Å². The molecule has 0 amide bonds. The lowest BCUT2D eigenvalue weighted by atomic mass is 10.4. The average molecular weight is 158 g/mol. The van der Waals surface area contributed by atoms with Crippen LogP contribution in [0.1, 0.15) is 20.3 Å². The van der Waals surface area contributed by atoms with Crippen LogP contribution in [0.25, 0.3) is 0 Å². The summed E-state index contributed by atoms with van der Waals surface area (Å²) in [7, 11) is 0.533. The first-order valence-electron chi connectivity index (χ1n) is 3.99. The van der Waals surface area contributed by atoms with Crippen molar-refractivity contribution < 1.29 is 4.43 Å². The summed E-state index contributed by atoms with van der Waals surface area (Å²) in [6.45, 7) is 9.33. The van der Waals surface area contributed by atoms with Gasteiger partial charge < -0.3 is 4.43 Å². The van der Waals surface area contributed by atoms with Crippen LogP contribution in [0.15, 0.2) is 0 Å². The second-order valence-corrected chi connectivity index (χ2v) is 8.81. The molecule has 0 aliphatic heterocycles. The summed E-state index contributed by atoms with van der Waals surface area (Å²) in [6.07, 6.45) is 1.38. The van der Waals surface area contributed by atoms with E-state index in [4.69, 9.17) is 4.43 Å². The van der Waals surface area contributed by atoms with Gasteiger partial charge in [0.25, 0.3) is 0 Å². The van der Waals surface area contributed by atoms with Crippen molar-refractivity contribution in [1.29, 1.82) is 0 Å². The third-order valence-electron chi connectivity index (χ3n) is 3.54. The van der Waals surface area contributed by atoms with Gasteiger partial charge in [-0.05, 0) is 30.5 Å². The Bertz CT molecular complexity index is 137. The van der Waals surface area contributed by atoms with Gasteiger partial charge in [0, 0.05) is 7.11 Å². The molecule has 10 heavy (non-hydrogen) atoms. The summed E-state index contributed by atoms with van der Waals surface area (Å²) >= 11 is 0. The molecule has 0 N–H and O–H groups in total. The predicted molar refractivity (Wildman–Crippen MR) is 46.6 cm³/mol. The maximum Gasteiger partial charge on any atom is 0.192 e. The molecule has 0 aromatic heterocycles. The maximum absolute atomic E-state index is 5.57. The number of hydrogen-bond acceptors (Lipinski definition) is 1. The fourth-order valence-corrected chi connectivity index (χ4v) is 4.10. The molecule has 1 rings (SSSR count). The molecule has 0 saturated heterocycles. The summed E-state index contributed by atoms with van der Waals surface area (Å²) in [5.41, 5.74) is 0. The van der Waals surface area contributed by atoms with E-state index in [1.165, 1.54) is 6.42 Å². The van der Waals surface area contributed by atoms with Gasteiger partial charge in [0.2, 0.25) is 0 Å². The third kappa shape index (κ3) is 0.939. The molecule has 1 saturated carbocycles. The Morgan fingerprint density at radius 1 is 1.50 bits per heavy atom. The first-order chi connectivity index (χ1) is 4.44. The zero-order valence-electron chi connectivity index (χ0n) is 7.69. The molecule has 0 aromatic carbocycles. The van der Waals surface area contributed by atoms with Crippen molar-refractivity contribution in [3.8, 4) is 0 Å². The van der Waals surface area contributed by atoms with Gasteiger partial charge in [-0.15, -0.1) is 0 Å². The molecule has 0 radical (unpaired) electrons. The molecule has 1 aliphatic rings. The first kappa shape index (κ1) is 8.28. The van der Waals surface area contributed by atoms with Gasteiger partial charge >= 0.3 is 0 Å². The molecule has 2 heteroatoms. The largest absolute Gasteiger partial charge is 0.420 e. The standard InChI is InChI=1S/C8H18OSi/c1-7-6-8(7,2)10(4,5)9-3/h7H,6H2,1-5H3. The normalized spacial score (nSPS) is 39.9. The Morgan fingerprint density at radius 2 is 1.90 bits per heavy atom. The quantitative estimate of drug-likeness (QED) is 0.561. The average Bonchev–Trinajstić information content (AvgIpc) is 2.43. The lowest BCUT2D eigenvalue weighted by molar-refractivity contribution is 0.386. The highest BCUT2D eigenvalue weighted by Gasteiger charge is 2.58. The van der Waals surface area contributed by atoms with Crippen molar-refractivity contribution in [3.63, 3.8) is 0 Å². The molecule has 1 aliphatic carbocycles. The Balaban J connectivity index is 2.65. The Hall–Kier alpha value is 0.177. The van der Waals surface area contributed by atoms with Crippen LogP contribution in [0.3, 0.4) is 0 Å². The summed E-state index contributed by atoms with van der Waals surface area (Å²) < 4.78 is 5.57. The molecule has 0 bridgehead atoms. The second-order valence-electron chi connectivity index (χ2n) is 4.24. The van der Waals surface area contributed by atoms with Crippen LogP contribution in [-0.4, -0.2) is 15.4 Å². The van der Waals surface area contributed by atoms with Gasteiger partial charge in [0.15, 0.2) is 8.32 Å². The molecule has 1 fully saturated rings. The van der Waals surface area contributed by atoms with Crippen LogP contribution < -0.4 is 0 Å². The van der Waals surface area contributed by atoms with Crippen LogP contribution in [-0.2, 0) is 4.43 Å². The zero-order chi connectivity index (χ0) is 7.99. The molecular weight excluding hydrogens is 140 g/mol. The SMILES string of the molecule is CO[Si](C)(C)C1(C)CC1C. The minimum atomic E-state index is -1.33. The van der Waals surface area contributed by atoms with E-state index in [9.17, 15) is 0 Å². The van der Waals surface area contributed by atoms with Gasteiger partial charge in [-0.25, -0.2) is 0 Å². The molecule has 1 nitrogen and oxygen atoms in total. The van der Waals surface area contributed by atoms with Crippen molar-refractivity contribution in [3.05, 3.63) is 0 Å². The molecular formula is C8H18OSi. The fourth-order valence-electron chi connectivity index (χ4n) is 1.65. The van der Waals surface area contributed by atoms with E-state index in [1.807, 2.05) is 7.11 Å². The van der Waals surface area contributed by atoms with Crippen LogP contribution in [0.4, 0.5) is 0 Å². The van der Waals surface area contributed by atoms with Gasteiger partial charge in [0.1, 0.15) is 0 Å². The second kappa shape index (κ2) is 2.08. The van der Waals surface area contributed by atoms with Crippen molar-refractivity contribution in [2.45, 2.75) is 38.4 Å². The number of hydrogen-bond donors (Lipinski definition) is 0. The topological polar surface area (TPSA) is 9.23 Å². The van der Waals surface area contributed by atoms with E-state index in [1.54, 1.807) is 0 Å². The summed E-state index contributed by atoms with van der Waals surface area (Å²) in [4.78, 5) is 0. The fraction of sp³-hybridized carbons (Fsp3) is 1.00. The van der Waals surface area contributed by atoms with E-state index in [0.29, 0.717) is 5.04 Å². The Labute approximate surface area is 64.9 Å². The van der Waals surface area contributed by atoms with Crippen molar-refractivity contribution >= 4 is 8.32 Å². The van der Waals surface area contributed by atoms with Crippen molar-refractivity contribution in [2.24, 2.45) is 5.92 Å². The monoisotopic (exact) mass is 158 g/mol. The Kier molecular flexibility index (Phi) is 1.72. The molecule has 2 unspecified atom stereocenters. The number of rotatable bonds is 2. The van der Waals surface area contributed by atoms with Gasteiger partial charge in [-0.2, -0.15) is 0 Å². The zero-order valence-corrected chi connectivity index (χ0v) is 8.69. The summed E-state index contributed by atoms with van der Waals surface area (Å²) in [5, 5.41) is 0.571. The molecule has 0 spiro atoms. The smallest absolute Gasteiger partial charge is 0.192 e. The molecule has 0 aromatic rings. The van der Waals surface area contributed by atoms with E-state index in [0.717, 1.165) is 5.92 Å². The van der Waals surface area contributed by atoms with Crippen molar-refractivity contribution in [2.75, 3.05) is 7.11 Å². The van der Waals surface area contributed by atoms with E-state index < -0.39 is 8.32 Å². The lowest BCUT2D eigenvalue weighted by Gasteiger charge is -2.28. The molecule has 0 heterocycles. The van der Waals surface area contributed by atoms with Crippen LogP contribution in [0.5, 0.6) is 0 Å². The van der Waals surface area contributed by atoms with Gasteiger partial charge in [-0.3, -0.25) is 0 Å². The lowest BCUT2D eigenvalue weighted by Crippen LogP contribution is -2.36. The predicted octanol–water partition coefficient (Wildman–Crippen LogP) is 2.64. The highest BCUT2D eigenvalue weighted by molar-refractivity contribution is 6.75. The van der Waals surface area contributed by atoms with Gasteiger partial charge in [0.05, 0.1) is 0 Å². The summed E-state index contributed by atoms with van der Waals surface area (Å²) in [5.74, 6) is 0.897. The van der Waals surface area contributed by atoms with E-state index >= 15 is 0 Å². The maximum atomic E-state index is 5.57. The molecule has 2 atom stereocenters. The van der Waals surface area contributed by atoms with Crippen LogP contribution in [0, 0.1) is 5.92 Å². The highest BCUT2D eigenvalue weighted by Crippen LogP contribution is 2.65. The molecule has 60 valence electrons. The van der Waals surface area contributed by atoms with E-state index in [2.05, 4.69) is 26.9 Å². The Morgan fingerprint density at radius 3 is 2.00 bits per heavy atom. The van der Waals surface area contributed by atoms with Crippen LogP contribution >= 0.6 is 0 Å². The third-order valence-corrected chi connectivity index (χ3v) is 8.01. The summed E-state index contributed by atoms with van der Waals surface area (Å²) in [6, 6.07) is 0. The van der Waals surface area contributed by atoms with Gasteiger partial charge in [-0.1, -0.05) is 13.8 Å². The minimum Gasteiger partial charge on any atom is -0.420 e. The highest BCUT2D eigenvalue weighted by atomic mass is 28.4. The first-order valence-corrected chi connectivity index (χ1v) is 6.90. The van der Waals surface area contributed by atoms with E-state index in [-0.39, 0.29) is 0 Å². The van der Waals surface area contributed by atoms with Crippen molar-refractivity contribution in [1.82, 2.24) is 0 Å².